The highest BCUT2D eigenvalue weighted by molar-refractivity contribution is 5.89. The number of phenols is 3. The number of aliphatic imine (C=N–C) groups is 6. The van der Waals surface area contributed by atoms with Crippen LogP contribution in [0.2, 0.25) is 0 Å². The molecular weight excluding hydrogens is 809 g/mol. The smallest absolute Gasteiger partial charge is 0.124 e. The van der Waals surface area contributed by atoms with Gasteiger partial charge in [0.25, 0.3) is 0 Å². The molecule has 15 rings (SSSR count). The van der Waals surface area contributed by atoms with Crippen molar-refractivity contribution in [1.29, 1.82) is 0 Å². The summed E-state index contributed by atoms with van der Waals surface area (Å²) in [5, 5.41) is 32.3. The van der Waals surface area contributed by atoms with Crippen LogP contribution in [0.4, 0.5) is 0 Å². The second kappa shape index (κ2) is 22.3. The second-order valence-electron chi connectivity index (χ2n) is 16.1. The van der Waals surface area contributed by atoms with Crippen molar-refractivity contribution in [1.82, 2.24) is 9.80 Å². The van der Waals surface area contributed by atoms with Crippen molar-refractivity contribution in [2.75, 3.05) is 78.5 Å². The molecule has 9 aliphatic heterocycles. The first kappa shape index (κ1) is 44.3. The number of phenolic OH excluding ortho intramolecular Hbond substituents is 3. The predicted molar refractivity (Wildman–Crippen MR) is 268 cm³/mol. The lowest BCUT2D eigenvalue weighted by molar-refractivity contribution is 0.298. The largest absolute Gasteiger partial charge is 0.507 e. The fraction of sp³-hybridized carbons (Fsp3) is 0.222. The molecule has 0 unspecified atom stereocenters. The normalized spacial score (nSPS) is 17.5. The molecule has 11 nitrogen and oxygen atoms in total. The summed E-state index contributed by atoms with van der Waals surface area (Å²) in [7, 11) is 0. The van der Waals surface area contributed by atoms with Crippen molar-refractivity contribution >= 4 is 37.3 Å². The van der Waals surface area contributed by atoms with Crippen molar-refractivity contribution in [2.45, 2.75) is 0 Å². The highest BCUT2D eigenvalue weighted by Crippen LogP contribution is 2.28. The van der Waals surface area contributed by atoms with Crippen LogP contribution in [0, 0.1) is 0 Å². The summed E-state index contributed by atoms with van der Waals surface area (Å²) in [6.45, 7) is 7.54. The number of hydrogen-bond acceptors (Lipinski definition) is 11. The van der Waals surface area contributed by atoms with E-state index in [4.69, 9.17) is 30.0 Å². The molecule has 9 heterocycles. The third-order valence-electron chi connectivity index (χ3n) is 11.5. The SMILES string of the molecule is Oc1ccc2cc1C=NCCN1CCN=Cc3cc(ccc3O)-c3ccc(cc3)C=NCCN(CCN=Cc3ccc-2cc3)CCN=Cc2ccc(cc2)-c2ccc(O)c(c2)C=NCC1. The first-order valence-corrected chi connectivity index (χ1v) is 22.2. The van der Waals surface area contributed by atoms with E-state index in [2.05, 4.69) is 82.6 Å². The molecular formula is C54H54N8O3. The van der Waals surface area contributed by atoms with Gasteiger partial charge in [-0.2, -0.15) is 0 Å². The molecule has 6 aromatic rings. The number of rotatable bonds is 0. The zero-order valence-electron chi connectivity index (χ0n) is 36.5. The maximum atomic E-state index is 10.8. The number of aromatic hydroxyl groups is 3. The zero-order valence-corrected chi connectivity index (χ0v) is 36.5. The van der Waals surface area contributed by atoms with Crippen LogP contribution in [-0.2, 0) is 0 Å². The first-order valence-electron chi connectivity index (χ1n) is 22.2. The van der Waals surface area contributed by atoms with Crippen LogP contribution in [0.15, 0.2) is 157 Å². The molecule has 0 aromatic heterocycles. The minimum Gasteiger partial charge on any atom is -0.507 e. The minimum atomic E-state index is 0.164. The Hall–Kier alpha value is -7.34. The van der Waals surface area contributed by atoms with Crippen molar-refractivity contribution in [3.8, 4) is 50.6 Å². The lowest BCUT2D eigenvalue weighted by atomic mass is 10.0. The number of hydrogen-bond donors (Lipinski definition) is 3. The molecule has 0 fully saturated rings. The number of nitrogens with zero attached hydrogens (tertiary/aromatic N) is 8. The molecule has 65 heavy (non-hydrogen) atoms. The molecule has 14 bridgehead atoms. The third kappa shape index (κ3) is 12.7. The van der Waals surface area contributed by atoms with Crippen molar-refractivity contribution < 1.29 is 15.3 Å². The van der Waals surface area contributed by atoms with Gasteiger partial charge in [0.05, 0.1) is 39.3 Å². The average molecular weight is 863 g/mol. The molecule has 0 radical (unpaired) electrons. The molecule has 3 N–H and O–H groups in total. The highest BCUT2D eigenvalue weighted by Gasteiger charge is 2.10. The third-order valence-corrected chi connectivity index (χ3v) is 11.5. The molecule has 0 atom stereocenters. The Balaban J connectivity index is 1.12. The lowest BCUT2D eigenvalue weighted by Crippen LogP contribution is -2.31. The molecule has 11 heteroatoms. The molecule has 328 valence electrons. The van der Waals surface area contributed by atoms with Gasteiger partial charge in [0, 0.05) is 93.2 Å². The minimum absolute atomic E-state index is 0.164. The van der Waals surface area contributed by atoms with Crippen LogP contribution in [0.5, 0.6) is 17.2 Å². The summed E-state index contributed by atoms with van der Waals surface area (Å²) in [4.78, 5) is 33.2. The van der Waals surface area contributed by atoms with Gasteiger partial charge in [-0.3, -0.25) is 39.8 Å². The molecule has 0 spiro atoms. The van der Waals surface area contributed by atoms with Crippen LogP contribution in [0.25, 0.3) is 33.4 Å². The van der Waals surface area contributed by atoms with Crippen LogP contribution in [-0.4, -0.2) is 141 Å². The van der Waals surface area contributed by atoms with Crippen molar-refractivity contribution in [3.05, 3.63) is 161 Å². The molecule has 0 aliphatic carbocycles. The van der Waals surface area contributed by atoms with Gasteiger partial charge in [0.15, 0.2) is 0 Å². The van der Waals surface area contributed by atoms with E-state index in [0.717, 1.165) is 69.7 Å². The van der Waals surface area contributed by atoms with E-state index in [-0.39, 0.29) is 17.2 Å². The Labute approximate surface area is 381 Å². The van der Waals surface area contributed by atoms with Gasteiger partial charge in [0.2, 0.25) is 0 Å². The molecule has 0 saturated carbocycles. The highest BCUT2D eigenvalue weighted by atomic mass is 16.3. The quantitative estimate of drug-likeness (QED) is 0.141. The Morgan fingerprint density at radius 1 is 0.277 bits per heavy atom. The first-order chi connectivity index (χ1) is 31.9. The van der Waals surface area contributed by atoms with Gasteiger partial charge < -0.3 is 15.3 Å². The van der Waals surface area contributed by atoms with Gasteiger partial charge in [-0.15, -0.1) is 0 Å². The van der Waals surface area contributed by atoms with E-state index >= 15 is 0 Å². The fourth-order valence-corrected chi connectivity index (χ4v) is 7.66. The standard InChI is InChI=1S/C54H54N8O3/c63-52-16-13-46-31-49(52)37-58-22-28-62-29-23-59-38-50-32-47(14-17-53(50)64)44-9-3-41(4-10-44)35-56-20-26-61(25-19-55-34-40-1-7-43(46)8-2-40)27-21-57-36-42-5-11-45(12-6-42)48-15-18-54(65)51(33-48)39-60-24-30-62/h1-18,31-39,63-65H,19-30H2. The summed E-state index contributed by atoms with van der Waals surface area (Å²) in [6, 6.07) is 41.5. The second-order valence-corrected chi connectivity index (χ2v) is 16.1. The lowest BCUT2D eigenvalue weighted by Gasteiger charge is -2.19. The Morgan fingerprint density at radius 3 is 0.769 bits per heavy atom. The van der Waals surface area contributed by atoms with Gasteiger partial charge in [-0.05, 0) is 86.5 Å². The van der Waals surface area contributed by atoms with Gasteiger partial charge in [-0.1, -0.05) is 91.0 Å². The van der Waals surface area contributed by atoms with E-state index in [1.54, 1.807) is 36.8 Å². The maximum Gasteiger partial charge on any atom is 0.124 e. The van der Waals surface area contributed by atoms with E-state index in [1.165, 1.54) is 0 Å². The Morgan fingerprint density at radius 2 is 0.508 bits per heavy atom. The zero-order chi connectivity index (χ0) is 44.6. The molecule has 0 saturated heterocycles. The summed E-state index contributed by atoms with van der Waals surface area (Å²) in [5.74, 6) is 0.493. The van der Waals surface area contributed by atoms with E-state index in [1.807, 2.05) is 55.0 Å². The van der Waals surface area contributed by atoms with E-state index < -0.39 is 0 Å². The van der Waals surface area contributed by atoms with Crippen LogP contribution < -0.4 is 0 Å². The van der Waals surface area contributed by atoms with Crippen LogP contribution in [0.3, 0.4) is 0 Å². The van der Waals surface area contributed by atoms with Crippen molar-refractivity contribution in [3.63, 3.8) is 0 Å². The topological polar surface area (TPSA) is 141 Å². The monoisotopic (exact) mass is 862 g/mol. The summed E-state index contributed by atoms with van der Waals surface area (Å²) in [5.41, 5.74) is 11.0. The van der Waals surface area contributed by atoms with E-state index in [9.17, 15) is 15.3 Å². The van der Waals surface area contributed by atoms with Gasteiger partial charge in [-0.25, -0.2) is 0 Å². The van der Waals surface area contributed by atoms with Crippen LogP contribution >= 0.6 is 0 Å². The maximum absolute atomic E-state index is 10.8. The molecule has 9 aliphatic rings. The van der Waals surface area contributed by atoms with Crippen LogP contribution in [0.1, 0.15) is 33.4 Å². The molecule has 6 aromatic carbocycles. The van der Waals surface area contributed by atoms with Crippen molar-refractivity contribution in [2.24, 2.45) is 30.0 Å². The predicted octanol–water partition coefficient (Wildman–Crippen LogP) is 8.35. The Kier molecular flexibility index (Phi) is 15.2. The fourth-order valence-electron chi connectivity index (χ4n) is 7.66. The summed E-state index contributed by atoms with van der Waals surface area (Å²) >= 11 is 0. The summed E-state index contributed by atoms with van der Waals surface area (Å²) in [6.07, 6.45) is 11.0. The average Bonchev–Trinajstić information content (AvgIpc) is 3.33. The van der Waals surface area contributed by atoms with E-state index in [0.29, 0.717) is 75.6 Å². The van der Waals surface area contributed by atoms with Gasteiger partial charge >= 0.3 is 0 Å². The number of benzene rings is 6. The summed E-state index contributed by atoms with van der Waals surface area (Å²) < 4.78 is 0. The molecule has 0 amide bonds. The van der Waals surface area contributed by atoms with Gasteiger partial charge in [0.1, 0.15) is 17.2 Å². The Bertz CT molecular complexity index is 2410.